The summed E-state index contributed by atoms with van der Waals surface area (Å²) in [6.07, 6.45) is 6.17. The third-order valence-corrected chi connectivity index (χ3v) is 6.83. The zero-order valence-corrected chi connectivity index (χ0v) is 15.1. The topological polar surface area (TPSA) is 57.5 Å². The Morgan fingerprint density at radius 2 is 1.91 bits per heavy atom. The van der Waals surface area contributed by atoms with E-state index in [1.165, 1.54) is 44.2 Å². The summed E-state index contributed by atoms with van der Waals surface area (Å²) in [5.41, 5.74) is -3.99. The Kier molecular flexibility index (Phi) is 6.11. The van der Waals surface area contributed by atoms with Crippen molar-refractivity contribution in [1.82, 2.24) is 0 Å². The molecule has 0 bridgehead atoms. The Labute approximate surface area is 141 Å². The first-order chi connectivity index (χ1) is 10.2. The Hall–Kier alpha value is 0.0600. The minimum absolute atomic E-state index is 0.0302. The first-order valence-corrected chi connectivity index (χ1v) is 10.5. The van der Waals surface area contributed by atoms with Crippen molar-refractivity contribution in [3.63, 3.8) is 0 Å². The van der Waals surface area contributed by atoms with Crippen molar-refractivity contribution in [3.05, 3.63) is 33.8 Å². The molecule has 0 aromatic heterocycles. The van der Waals surface area contributed by atoms with Gasteiger partial charge in [0.05, 0.1) is 0 Å². The SMILES string of the molecule is O=P(O)(O)C(F)(F)c1ccc(CSC2CCCCC2)cc1Br. The molecule has 1 aromatic rings. The second-order valence-corrected chi connectivity index (χ2v) is 9.26. The summed E-state index contributed by atoms with van der Waals surface area (Å²) in [5.74, 6) is 0.713. The van der Waals surface area contributed by atoms with Crippen molar-refractivity contribution in [2.24, 2.45) is 0 Å². The smallest absolute Gasteiger partial charge is 0.320 e. The van der Waals surface area contributed by atoms with Gasteiger partial charge in [-0.25, -0.2) is 0 Å². The van der Waals surface area contributed by atoms with Crippen LogP contribution < -0.4 is 0 Å². The summed E-state index contributed by atoms with van der Waals surface area (Å²) in [5, 5.41) is 0.615. The number of hydrogen-bond acceptors (Lipinski definition) is 2. The van der Waals surface area contributed by atoms with E-state index in [0.29, 0.717) is 11.0 Å². The lowest BCUT2D eigenvalue weighted by atomic mass is 10.0. The maximum atomic E-state index is 13.7. The number of thioether (sulfide) groups is 1. The van der Waals surface area contributed by atoms with E-state index in [0.717, 1.165) is 11.6 Å². The maximum absolute atomic E-state index is 13.7. The van der Waals surface area contributed by atoms with Gasteiger partial charge in [-0.15, -0.1) is 0 Å². The molecule has 0 radical (unpaired) electrons. The number of benzene rings is 1. The molecule has 1 saturated carbocycles. The minimum atomic E-state index is -5.54. The Morgan fingerprint density at radius 1 is 1.27 bits per heavy atom. The van der Waals surface area contributed by atoms with E-state index in [2.05, 4.69) is 15.9 Å². The molecule has 1 aliphatic carbocycles. The maximum Gasteiger partial charge on any atom is 0.399 e. The van der Waals surface area contributed by atoms with Gasteiger partial charge in [0, 0.05) is 21.0 Å². The van der Waals surface area contributed by atoms with Gasteiger partial charge >= 0.3 is 13.3 Å². The van der Waals surface area contributed by atoms with E-state index in [-0.39, 0.29) is 4.47 Å². The predicted octanol–water partition coefficient (Wildman–Crippen LogP) is 5.24. The third-order valence-electron chi connectivity index (χ3n) is 3.76. The Morgan fingerprint density at radius 3 is 2.45 bits per heavy atom. The van der Waals surface area contributed by atoms with E-state index in [4.69, 9.17) is 9.79 Å². The lowest BCUT2D eigenvalue weighted by molar-refractivity contribution is 0.0557. The van der Waals surface area contributed by atoms with Gasteiger partial charge in [0.1, 0.15) is 0 Å². The highest BCUT2D eigenvalue weighted by molar-refractivity contribution is 9.10. The fraction of sp³-hybridized carbons (Fsp3) is 0.571. The van der Waals surface area contributed by atoms with E-state index in [9.17, 15) is 13.3 Å². The monoisotopic (exact) mass is 414 g/mol. The Balaban J connectivity index is 2.08. The van der Waals surface area contributed by atoms with E-state index in [1.807, 2.05) is 11.8 Å². The average molecular weight is 415 g/mol. The normalized spacial score (nSPS) is 17.7. The van der Waals surface area contributed by atoms with Crippen molar-refractivity contribution < 1.29 is 23.1 Å². The van der Waals surface area contributed by atoms with Crippen LogP contribution in [-0.4, -0.2) is 15.0 Å². The van der Waals surface area contributed by atoms with Crippen molar-refractivity contribution in [1.29, 1.82) is 0 Å². The molecule has 0 aliphatic heterocycles. The standard InChI is InChI=1S/C14H18BrF2O3PS/c15-13-8-10(9-22-11-4-2-1-3-5-11)6-7-12(13)14(16,17)21(18,19)20/h6-8,11H,1-5,9H2,(H2,18,19,20). The summed E-state index contributed by atoms with van der Waals surface area (Å²) in [7, 11) is -5.54. The predicted molar refractivity (Wildman–Crippen MR) is 88.2 cm³/mol. The van der Waals surface area contributed by atoms with Gasteiger partial charge in [0.25, 0.3) is 0 Å². The van der Waals surface area contributed by atoms with Gasteiger partial charge in [0.2, 0.25) is 0 Å². The van der Waals surface area contributed by atoms with Crippen LogP contribution in [0.3, 0.4) is 0 Å². The molecule has 1 aliphatic rings. The molecule has 0 amide bonds. The zero-order chi connectivity index (χ0) is 16.4. The summed E-state index contributed by atoms with van der Waals surface area (Å²) in [6.45, 7) is 0. The fourth-order valence-corrected chi connectivity index (χ4v) is 5.11. The van der Waals surface area contributed by atoms with Crippen molar-refractivity contribution >= 4 is 35.3 Å². The first kappa shape index (κ1) is 18.4. The van der Waals surface area contributed by atoms with Crippen LogP contribution in [0.5, 0.6) is 0 Å². The third kappa shape index (κ3) is 4.32. The molecule has 0 atom stereocenters. The molecule has 2 N–H and O–H groups in total. The van der Waals surface area contributed by atoms with Crippen LogP contribution in [0.15, 0.2) is 22.7 Å². The van der Waals surface area contributed by atoms with Crippen molar-refractivity contribution in [3.8, 4) is 0 Å². The molecule has 0 saturated heterocycles. The van der Waals surface area contributed by atoms with Gasteiger partial charge < -0.3 is 9.79 Å². The average Bonchev–Trinajstić information content (AvgIpc) is 2.45. The van der Waals surface area contributed by atoms with Crippen LogP contribution >= 0.6 is 35.3 Å². The number of hydrogen-bond donors (Lipinski definition) is 2. The molecule has 2 rings (SSSR count). The van der Waals surface area contributed by atoms with Crippen LogP contribution in [-0.2, 0) is 16.0 Å². The van der Waals surface area contributed by atoms with Gasteiger partial charge in [-0.1, -0.05) is 47.3 Å². The van der Waals surface area contributed by atoms with Crippen molar-refractivity contribution in [2.75, 3.05) is 0 Å². The fourth-order valence-electron chi connectivity index (χ4n) is 2.50. The Bertz CT molecular complexity index is 573. The second kappa shape index (κ2) is 7.31. The van der Waals surface area contributed by atoms with Gasteiger partial charge in [0.15, 0.2) is 0 Å². The molecular weight excluding hydrogens is 397 g/mol. The lowest BCUT2D eigenvalue weighted by Crippen LogP contribution is -2.14. The van der Waals surface area contributed by atoms with Gasteiger partial charge in [-0.3, -0.25) is 4.57 Å². The molecule has 124 valence electrons. The van der Waals surface area contributed by atoms with Crippen LogP contribution in [0.2, 0.25) is 0 Å². The zero-order valence-electron chi connectivity index (χ0n) is 11.8. The quantitative estimate of drug-likeness (QED) is 0.646. The number of alkyl halides is 2. The highest BCUT2D eigenvalue weighted by Gasteiger charge is 2.51. The first-order valence-electron chi connectivity index (χ1n) is 7.06. The van der Waals surface area contributed by atoms with E-state index in [1.54, 1.807) is 0 Å². The molecular formula is C14H18BrF2O3PS. The summed E-state index contributed by atoms with van der Waals surface area (Å²) < 4.78 is 38.4. The molecule has 0 unspecified atom stereocenters. The number of rotatable bonds is 5. The number of halogens is 3. The highest BCUT2D eigenvalue weighted by atomic mass is 79.9. The van der Waals surface area contributed by atoms with Crippen LogP contribution in [0.25, 0.3) is 0 Å². The van der Waals surface area contributed by atoms with Gasteiger partial charge in [-0.2, -0.15) is 20.5 Å². The molecule has 0 heterocycles. The second-order valence-electron chi connectivity index (χ2n) is 5.47. The van der Waals surface area contributed by atoms with Gasteiger partial charge in [-0.05, 0) is 24.5 Å². The molecule has 8 heteroatoms. The van der Waals surface area contributed by atoms with Crippen LogP contribution in [0.4, 0.5) is 8.78 Å². The summed E-state index contributed by atoms with van der Waals surface area (Å²) in [4.78, 5) is 17.6. The molecule has 3 nitrogen and oxygen atoms in total. The van der Waals surface area contributed by atoms with Crippen LogP contribution in [0, 0.1) is 0 Å². The van der Waals surface area contributed by atoms with E-state index >= 15 is 0 Å². The summed E-state index contributed by atoms with van der Waals surface area (Å²) >= 11 is 4.83. The van der Waals surface area contributed by atoms with Crippen molar-refractivity contribution in [2.45, 2.75) is 48.8 Å². The molecule has 22 heavy (non-hydrogen) atoms. The highest BCUT2D eigenvalue weighted by Crippen LogP contribution is 2.60. The molecule has 1 aromatic carbocycles. The largest absolute Gasteiger partial charge is 0.399 e. The summed E-state index contributed by atoms with van der Waals surface area (Å²) in [6, 6.07) is 4.13. The minimum Gasteiger partial charge on any atom is -0.320 e. The van der Waals surface area contributed by atoms with E-state index < -0.39 is 18.8 Å². The van der Waals surface area contributed by atoms with Crippen LogP contribution in [0.1, 0.15) is 43.2 Å². The lowest BCUT2D eigenvalue weighted by Gasteiger charge is -2.22. The molecule has 1 fully saturated rings. The molecule has 0 spiro atoms.